The second kappa shape index (κ2) is 14.0. The molecule has 3 aliphatic rings. The minimum Gasteiger partial charge on any atom is -0.302 e. The monoisotopic (exact) mass is 434 g/mol. The largest absolute Gasteiger partial charge is 0.302 e. The molecule has 1 aliphatic heterocycles. The van der Waals surface area contributed by atoms with Gasteiger partial charge in [-0.3, -0.25) is 0 Å². The van der Waals surface area contributed by atoms with Gasteiger partial charge in [-0.15, -0.1) is 0 Å². The van der Waals surface area contributed by atoms with Crippen LogP contribution in [0.4, 0.5) is 0 Å². The van der Waals surface area contributed by atoms with E-state index in [-0.39, 0.29) is 5.92 Å². The number of hydrogen-bond donors (Lipinski definition) is 1. The molecular formula is C30H46N2. The molecule has 1 N–H and O–H groups in total. The molecule has 2 nitrogen and oxygen atoms in total. The smallest absolute Gasteiger partial charge is 0.0693 e. The Kier molecular flexibility index (Phi) is 11.0. The van der Waals surface area contributed by atoms with Crippen LogP contribution in [0, 0.1) is 70.5 Å². The molecule has 0 bridgehead atoms. The highest BCUT2D eigenvalue weighted by Gasteiger charge is 2.28. The summed E-state index contributed by atoms with van der Waals surface area (Å²) in [6, 6.07) is 2.75. The van der Waals surface area contributed by atoms with Crippen LogP contribution in [0.2, 0.25) is 0 Å². The first-order chi connectivity index (χ1) is 15.7. The van der Waals surface area contributed by atoms with Crippen LogP contribution in [0.25, 0.3) is 0 Å². The van der Waals surface area contributed by atoms with Crippen molar-refractivity contribution in [1.29, 1.82) is 5.26 Å². The fourth-order valence-corrected chi connectivity index (χ4v) is 5.98. The van der Waals surface area contributed by atoms with Crippen molar-refractivity contribution in [1.82, 2.24) is 5.32 Å². The summed E-state index contributed by atoms with van der Waals surface area (Å²) in [5.41, 5.74) is 0. The van der Waals surface area contributed by atoms with E-state index in [4.69, 9.17) is 5.26 Å². The van der Waals surface area contributed by atoms with E-state index in [1.165, 1.54) is 64.2 Å². The van der Waals surface area contributed by atoms with Crippen molar-refractivity contribution in [3.63, 3.8) is 0 Å². The van der Waals surface area contributed by atoms with Crippen molar-refractivity contribution >= 4 is 0 Å². The molecule has 0 aromatic heterocycles. The third-order valence-corrected chi connectivity index (χ3v) is 8.37. The number of nitriles is 1. The van der Waals surface area contributed by atoms with E-state index in [2.05, 4.69) is 48.9 Å². The van der Waals surface area contributed by atoms with Gasteiger partial charge in [0, 0.05) is 30.2 Å². The molecule has 2 heteroatoms. The summed E-state index contributed by atoms with van der Waals surface area (Å²) in [6.45, 7) is 5.62. The van der Waals surface area contributed by atoms with Crippen LogP contribution in [-0.4, -0.2) is 12.6 Å². The first kappa shape index (κ1) is 25.2. The summed E-state index contributed by atoms with van der Waals surface area (Å²) in [7, 11) is 0. The Balaban J connectivity index is 1.40. The number of nitrogens with zero attached hydrogens (tertiary/aromatic N) is 1. The summed E-state index contributed by atoms with van der Waals surface area (Å²) in [4.78, 5) is 0. The summed E-state index contributed by atoms with van der Waals surface area (Å²) in [6.07, 6.45) is 19.1. The third-order valence-electron chi connectivity index (χ3n) is 8.37. The summed E-state index contributed by atoms with van der Waals surface area (Å²) in [5, 5.41) is 12.8. The quantitative estimate of drug-likeness (QED) is 0.357. The lowest BCUT2D eigenvalue weighted by Gasteiger charge is -2.32. The second-order valence-corrected chi connectivity index (χ2v) is 10.8. The van der Waals surface area contributed by atoms with Gasteiger partial charge in [0.25, 0.3) is 0 Å². The lowest BCUT2D eigenvalue weighted by molar-refractivity contribution is 0.272. The average Bonchev–Trinajstić information content (AvgIpc) is 2.85. The Morgan fingerprint density at radius 3 is 2.06 bits per heavy atom. The zero-order chi connectivity index (χ0) is 22.6. The van der Waals surface area contributed by atoms with Gasteiger partial charge in [-0.05, 0) is 69.6 Å². The predicted molar refractivity (Wildman–Crippen MR) is 134 cm³/mol. The Bertz CT molecular complexity index is 695. The molecule has 0 amide bonds. The molecule has 0 aromatic carbocycles. The highest BCUT2D eigenvalue weighted by atomic mass is 14.9. The predicted octanol–water partition coefficient (Wildman–Crippen LogP) is 7.10. The van der Waals surface area contributed by atoms with E-state index in [0.29, 0.717) is 29.7 Å². The molecule has 3 unspecified atom stereocenters. The first-order valence-corrected chi connectivity index (χ1v) is 13.9. The highest BCUT2D eigenvalue weighted by Crippen LogP contribution is 2.32. The van der Waals surface area contributed by atoms with Crippen LogP contribution in [0.5, 0.6) is 0 Å². The van der Waals surface area contributed by atoms with Gasteiger partial charge < -0.3 is 5.32 Å². The van der Waals surface area contributed by atoms with Crippen LogP contribution < -0.4 is 5.32 Å². The van der Waals surface area contributed by atoms with Gasteiger partial charge in [0.2, 0.25) is 0 Å². The normalized spacial score (nSPS) is 35.0. The van der Waals surface area contributed by atoms with Crippen LogP contribution in [0.1, 0.15) is 110 Å². The van der Waals surface area contributed by atoms with Crippen LogP contribution >= 0.6 is 0 Å². The standard InChI is InChI=1S/C30H46N2/c1-3-5-6-7-8-24-9-11-25(12-10-24)17-19-29-23-32-30(21-28(29)4-2)20-18-26-13-15-27(22-31)16-14-26/h24-30,32H,3-16,21,23H2,1-2H3. The topological polar surface area (TPSA) is 35.8 Å². The van der Waals surface area contributed by atoms with Crippen molar-refractivity contribution in [3.05, 3.63) is 0 Å². The molecule has 0 radical (unpaired) electrons. The Labute approximate surface area is 198 Å². The van der Waals surface area contributed by atoms with E-state index in [9.17, 15) is 0 Å². The minimum absolute atomic E-state index is 0.269. The van der Waals surface area contributed by atoms with Gasteiger partial charge in [0.05, 0.1) is 12.1 Å². The number of hydrogen-bond acceptors (Lipinski definition) is 2. The lowest BCUT2D eigenvalue weighted by atomic mass is 9.78. The summed E-state index contributed by atoms with van der Waals surface area (Å²) >= 11 is 0. The molecule has 1 heterocycles. The van der Waals surface area contributed by atoms with E-state index in [1.54, 1.807) is 0 Å². The van der Waals surface area contributed by atoms with Gasteiger partial charge in [-0.25, -0.2) is 0 Å². The molecule has 2 aliphatic carbocycles. The molecule has 3 rings (SSSR count). The number of nitrogens with one attached hydrogen (secondary N) is 1. The zero-order valence-electron chi connectivity index (χ0n) is 20.8. The van der Waals surface area contributed by atoms with E-state index >= 15 is 0 Å². The van der Waals surface area contributed by atoms with Crippen LogP contribution in [0.3, 0.4) is 0 Å². The molecule has 2 saturated carbocycles. The fraction of sp³-hybridized carbons (Fsp3) is 0.833. The maximum Gasteiger partial charge on any atom is 0.0693 e. The Morgan fingerprint density at radius 1 is 0.750 bits per heavy atom. The van der Waals surface area contributed by atoms with Crippen molar-refractivity contribution in [2.24, 2.45) is 35.5 Å². The van der Waals surface area contributed by atoms with Crippen molar-refractivity contribution in [3.8, 4) is 29.8 Å². The van der Waals surface area contributed by atoms with Crippen LogP contribution in [-0.2, 0) is 0 Å². The van der Waals surface area contributed by atoms with Crippen molar-refractivity contribution < 1.29 is 0 Å². The molecule has 0 aromatic rings. The van der Waals surface area contributed by atoms with Gasteiger partial charge in [0.1, 0.15) is 0 Å². The fourth-order valence-electron chi connectivity index (χ4n) is 5.98. The average molecular weight is 435 g/mol. The molecule has 176 valence electrons. The van der Waals surface area contributed by atoms with Gasteiger partial charge in [0.15, 0.2) is 0 Å². The van der Waals surface area contributed by atoms with Gasteiger partial charge in [-0.1, -0.05) is 76.1 Å². The third kappa shape index (κ3) is 8.17. The lowest BCUT2D eigenvalue weighted by Crippen LogP contribution is -2.42. The highest BCUT2D eigenvalue weighted by molar-refractivity contribution is 5.17. The van der Waals surface area contributed by atoms with Crippen molar-refractivity contribution in [2.75, 3.05) is 6.54 Å². The maximum atomic E-state index is 9.07. The number of rotatable bonds is 6. The maximum absolute atomic E-state index is 9.07. The number of piperidine rings is 1. The second-order valence-electron chi connectivity index (χ2n) is 10.8. The molecule has 3 fully saturated rings. The first-order valence-electron chi connectivity index (χ1n) is 13.9. The zero-order valence-corrected chi connectivity index (χ0v) is 20.8. The van der Waals surface area contributed by atoms with E-state index < -0.39 is 0 Å². The van der Waals surface area contributed by atoms with Gasteiger partial charge in [-0.2, -0.15) is 5.26 Å². The Hall–Kier alpha value is -1.43. The summed E-state index contributed by atoms with van der Waals surface area (Å²) < 4.78 is 0. The molecule has 0 spiro atoms. The minimum atomic E-state index is 0.269. The van der Waals surface area contributed by atoms with Crippen molar-refractivity contribution in [2.45, 2.75) is 116 Å². The number of unbranched alkanes of at least 4 members (excludes halogenated alkanes) is 3. The Morgan fingerprint density at radius 2 is 1.41 bits per heavy atom. The van der Waals surface area contributed by atoms with Gasteiger partial charge >= 0.3 is 0 Å². The van der Waals surface area contributed by atoms with Crippen LogP contribution in [0.15, 0.2) is 0 Å². The van der Waals surface area contributed by atoms with E-state index in [0.717, 1.165) is 44.6 Å². The summed E-state index contributed by atoms with van der Waals surface area (Å²) in [5.74, 6) is 18.1. The van der Waals surface area contributed by atoms with E-state index in [1.807, 2.05) is 0 Å². The SMILES string of the molecule is CCCCCCC1CCC(C#CC2CNC(C#CC3CCC(C#N)CC3)CC2CC)CC1. The molecule has 3 atom stereocenters. The molecular weight excluding hydrogens is 388 g/mol. The molecule has 1 saturated heterocycles. The molecule has 32 heavy (non-hydrogen) atoms.